The van der Waals surface area contributed by atoms with Gasteiger partial charge in [-0.15, -0.1) is 0 Å². The molecular weight excluding hydrogens is 522 g/mol. The van der Waals surface area contributed by atoms with E-state index in [-0.39, 0.29) is 36.7 Å². The van der Waals surface area contributed by atoms with E-state index in [1.54, 1.807) is 0 Å². The van der Waals surface area contributed by atoms with E-state index in [0.717, 1.165) is 69.3 Å². The molecule has 2 spiro atoms. The molecule has 5 heterocycles. The highest BCUT2D eigenvalue weighted by Gasteiger charge is 2.64. The summed E-state index contributed by atoms with van der Waals surface area (Å²) in [5, 5.41) is 15.8. The fourth-order valence-corrected chi connectivity index (χ4v) is 7.36. The van der Waals surface area contributed by atoms with Crippen LogP contribution in [0.4, 0.5) is 0 Å². The zero-order valence-electron chi connectivity index (χ0n) is 24.1. The maximum Gasteiger partial charge on any atom is 0.350 e. The van der Waals surface area contributed by atoms with E-state index >= 15 is 0 Å². The topological polar surface area (TPSA) is 112 Å². The minimum Gasteiger partial charge on any atom is -0.554 e. The van der Waals surface area contributed by atoms with Crippen molar-refractivity contribution in [2.24, 2.45) is 5.92 Å². The third kappa shape index (κ3) is 6.21. The van der Waals surface area contributed by atoms with Crippen LogP contribution in [0.5, 0.6) is 0 Å². The predicted octanol–water partition coefficient (Wildman–Crippen LogP) is 2.85. The van der Waals surface area contributed by atoms with Crippen LogP contribution in [0.2, 0.25) is 0 Å². The number of carbonyl (C=O) groups excluding carboxylic acids is 2. The van der Waals surface area contributed by atoms with Crippen molar-refractivity contribution in [3.05, 3.63) is 54.1 Å². The number of esters is 1. The molecule has 9 heteroatoms. The number of hydrogen-bond acceptors (Lipinski definition) is 8. The van der Waals surface area contributed by atoms with Crippen LogP contribution < -0.4 is 15.7 Å². The van der Waals surface area contributed by atoms with Gasteiger partial charge >= 0.3 is 11.9 Å². The molecule has 0 aromatic heterocycles. The second-order valence-corrected chi connectivity index (χ2v) is 11.8. The molecule has 2 saturated heterocycles. The zero-order valence-corrected chi connectivity index (χ0v) is 24.1. The number of carboxylic acid groups (broad SMARTS) is 1. The highest BCUT2D eigenvalue weighted by molar-refractivity contribution is 5.82. The molecule has 222 valence electrons. The summed E-state index contributed by atoms with van der Waals surface area (Å²) in [6.07, 6.45) is 17.2. The molecule has 2 fully saturated rings. The maximum atomic E-state index is 13.8. The molecule has 0 aliphatic carbocycles. The first-order chi connectivity index (χ1) is 19.9. The lowest BCUT2D eigenvalue weighted by Gasteiger charge is -2.50. The lowest BCUT2D eigenvalue weighted by Crippen LogP contribution is -2.76. The Labute approximate surface area is 242 Å². The Morgan fingerprint density at radius 3 is 2.73 bits per heavy atom. The standard InChI is InChI=1S/C31H41N3O4.CH2O2/c1-3-25-15-7-8-18-30(38-25)21-24-16-17-26-27(28(35)36-20-10-14-23-12-5-4-6-13-23)31(19-9-11-22(2)37-31)33-29(32-30)34(24)26;2-1-3/h4-7,10,12-15,22,24-27H,3,8-9,11,16-21H2,1-2H3,(H,32,33);1H,(H,2,3)/b14-10+;/t22-,24+,25+,26-,27?,30+,31-;/m1./s1. The SMILES string of the molecule is CC[C@H]1C=CCC[C@@]2(C[C@@H]3CC[C@@H]4C(C(=O)OC/C=C/c5ccccc5)[C@]5(CCC[C@@H](C)O5)NC(=[N+]34)N2)O1.O=C[O-]. The first-order valence-corrected chi connectivity index (χ1v) is 15.1. The summed E-state index contributed by atoms with van der Waals surface area (Å²) in [6, 6.07) is 10.5. The molecule has 1 aromatic carbocycles. The van der Waals surface area contributed by atoms with Crippen LogP contribution in [0.1, 0.15) is 77.2 Å². The quantitative estimate of drug-likeness (QED) is 0.243. The summed E-state index contributed by atoms with van der Waals surface area (Å²) in [5.41, 5.74) is -0.0853. The molecule has 0 saturated carbocycles. The first kappa shape index (κ1) is 29.3. The van der Waals surface area contributed by atoms with Crippen molar-refractivity contribution in [2.45, 2.75) is 107 Å². The average Bonchev–Trinajstić information content (AvgIpc) is 3.26. The number of hydrogen-bond donors (Lipinski definition) is 2. The molecule has 0 bridgehead atoms. The number of ether oxygens (including phenoxy) is 3. The molecule has 5 aliphatic rings. The molecule has 1 aromatic rings. The van der Waals surface area contributed by atoms with Crippen molar-refractivity contribution in [3.8, 4) is 0 Å². The summed E-state index contributed by atoms with van der Waals surface area (Å²) < 4.78 is 21.8. The van der Waals surface area contributed by atoms with E-state index < -0.39 is 17.9 Å². The van der Waals surface area contributed by atoms with Crippen LogP contribution in [0.15, 0.2) is 48.6 Å². The molecule has 41 heavy (non-hydrogen) atoms. The van der Waals surface area contributed by atoms with Crippen LogP contribution in [0, 0.1) is 5.92 Å². The van der Waals surface area contributed by atoms with Gasteiger partial charge in [0, 0.05) is 25.7 Å². The van der Waals surface area contributed by atoms with Gasteiger partial charge in [0.15, 0.2) is 11.6 Å². The highest BCUT2D eigenvalue weighted by atomic mass is 16.6. The van der Waals surface area contributed by atoms with Gasteiger partial charge in [-0.1, -0.05) is 55.5 Å². The largest absolute Gasteiger partial charge is 0.554 e. The summed E-state index contributed by atoms with van der Waals surface area (Å²) in [7, 11) is 0. The van der Waals surface area contributed by atoms with Gasteiger partial charge in [-0.3, -0.25) is 9.37 Å². The number of nitrogens with zero attached hydrogens (tertiary/aromatic N) is 1. The van der Waals surface area contributed by atoms with Crippen molar-refractivity contribution < 1.29 is 33.5 Å². The molecule has 6 rings (SSSR count). The van der Waals surface area contributed by atoms with Crippen molar-refractivity contribution in [1.82, 2.24) is 10.6 Å². The van der Waals surface area contributed by atoms with Crippen LogP contribution in [-0.2, 0) is 23.8 Å². The van der Waals surface area contributed by atoms with E-state index in [1.807, 2.05) is 42.5 Å². The van der Waals surface area contributed by atoms with Crippen molar-refractivity contribution >= 4 is 24.5 Å². The van der Waals surface area contributed by atoms with Crippen LogP contribution in [0.25, 0.3) is 6.08 Å². The molecule has 9 nitrogen and oxygen atoms in total. The maximum absolute atomic E-state index is 13.8. The van der Waals surface area contributed by atoms with Gasteiger partial charge in [0.2, 0.25) is 5.72 Å². The number of rotatable bonds is 5. The summed E-state index contributed by atoms with van der Waals surface area (Å²) in [5.74, 6) is 0.415. The summed E-state index contributed by atoms with van der Waals surface area (Å²) in [4.78, 5) is 22.1. The summed E-state index contributed by atoms with van der Waals surface area (Å²) >= 11 is 0. The zero-order chi connectivity index (χ0) is 28.9. The number of guanidine groups is 1. The highest BCUT2D eigenvalue weighted by Crippen LogP contribution is 2.45. The van der Waals surface area contributed by atoms with E-state index in [4.69, 9.17) is 24.1 Å². The van der Waals surface area contributed by atoms with Crippen LogP contribution in [0.3, 0.4) is 0 Å². The van der Waals surface area contributed by atoms with Crippen LogP contribution >= 0.6 is 0 Å². The predicted molar refractivity (Wildman–Crippen MR) is 152 cm³/mol. The van der Waals surface area contributed by atoms with Crippen molar-refractivity contribution in [1.29, 1.82) is 0 Å². The van der Waals surface area contributed by atoms with Gasteiger partial charge in [-0.25, -0.2) is 10.6 Å². The Kier molecular flexibility index (Phi) is 9.14. The smallest absolute Gasteiger partial charge is 0.350 e. The van der Waals surface area contributed by atoms with Gasteiger partial charge in [0.1, 0.15) is 6.61 Å². The fourth-order valence-electron chi connectivity index (χ4n) is 7.36. The molecule has 0 amide bonds. The van der Waals surface area contributed by atoms with Crippen molar-refractivity contribution in [3.63, 3.8) is 0 Å². The van der Waals surface area contributed by atoms with E-state index in [1.165, 1.54) is 0 Å². The van der Waals surface area contributed by atoms with E-state index in [2.05, 4.69) is 41.2 Å². The van der Waals surface area contributed by atoms with Gasteiger partial charge in [-0.05, 0) is 57.1 Å². The monoisotopic (exact) mass is 565 g/mol. The van der Waals surface area contributed by atoms with Gasteiger partial charge < -0.3 is 24.1 Å². The van der Waals surface area contributed by atoms with E-state index in [0.29, 0.717) is 6.04 Å². The Hall–Kier alpha value is -3.17. The Balaban J connectivity index is 0.00000108. The second-order valence-electron chi connectivity index (χ2n) is 11.8. The van der Waals surface area contributed by atoms with Gasteiger partial charge in [0.05, 0.1) is 24.3 Å². The molecule has 2 N–H and O–H groups in total. The lowest BCUT2D eigenvalue weighted by molar-refractivity contribution is -0.609. The number of carbonyl (C=O) groups is 2. The number of nitrogens with one attached hydrogen (secondary N) is 2. The molecule has 1 unspecified atom stereocenters. The van der Waals surface area contributed by atoms with Gasteiger partial charge in [0.25, 0.3) is 0 Å². The number of benzene rings is 1. The normalized spacial score (nSPS) is 35.6. The fraction of sp³-hybridized carbons (Fsp3) is 0.594. The Bertz CT molecular complexity index is 1170. The van der Waals surface area contributed by atoms with E-state index in [9.17, 15) is 4.79 Å². The third-order valence-electron chi connectivity index (χ3n) is 9.03. The minimum absolute atomic E-state index is 0.0443. The molecular formula is C32H43N3O6. The Morgan fingerprint density at radius 2 is 1.98 bits per heavy atom. The van der Waals surface area contributed by atoms with Crippen LogP contribution in [-0.4, -0.2) is 65.3 Å². The molecule has 7 atom stereocenters. The second kappa shape index (κ2) is 12.8. The average molecular weight is 566 g/mol. The number of allylic oxidation sites excluding steroid dienone is 1. The lowest BCUT2D eigenvalue weighted by atomic mass is 9.80. The molecule has 5 aliphatic heterocycles. The summed E-state index contributed by atoms with van der Waals surface area (Å²) in [6.45, 7) is 4.05. The third-order valence-corrected chi connectivity index (χ3v) is 9.03. The first-order valence-electron chi connectivity index (χ1n) is 15.1. The molecule has 0 radical (unpaired) electrons. The van der Waals surface area contributed by atoms with Gasteiger partial charge in [-0.2, -0.15) is 0 Å². The van der Waals surface area contributed by atoms with Crippen molar-refractivity contribution in [2.75, 3.05) is 6.61 Å². The minimum atomic E-state index is -0.776. The Morgan fingerprint density at radius 1 is 1.17 bits per heavy atom.